The number of hydrogen-bond donors (Lipinski definition) is 1. The van der Waals surface area contributed by atoms with E-state index in [0.29, 0.717) is 0 Å². The van der Waals surface area contributed by atoms with Crippen molar-refractivity contribution in [2.75, 3.05) is 31.1 Å². The van der Waals surface area contributed by atoms with Crippen LogP contribution in [-0.2, 0) is 0 Å². The first-order chi connectivity index (χ1) is 9.88. The summed E-state index contributed by atoms with van der Waals surface area (Å²) in [5.74, 6) is 1.81. The Bertz CT molecular complexity index is 564. The summed E-state index contributed by atoms with van der Waals surface area (Å²) < 4.78 is 0. The molecule has 0 amide bonds. The summed E-state index contributed by atoms with van der Waals surface area (Å²) in [5.41, 5.74) is 1.03. The highest BCUT2D eigenvalue weighted by Crippen LogP contribution is 2.26. The van der Waals surface area contributed by atoms with Gasteiger partial charge in [0.15, 0.2) is 0 Å². The molecule has 2 heterocycles. The summed E-state index contributed by atoms with van der Waals surface area (Å²) in [4.78, 5) is 11.3. The normalized spacial score (nSPS) is 19.4. The Kier molecular flexibility index (Phi) is 4.11. The van der Waals surface area contributed by atoms with Crippen molar-refractivity contribution in [1.29, 1.82) is 0 Å². The maximum atomic E-state index is 4.54. The zero-order chi connectivity index (χ0) is 13.8. The van der Waals surface area contributed by atoms with Gasteiger partial charge in [-0.3, -0.25) is 0 Å². The quantitative estimate of drug-likeness (QED) is 0.926. The highest BCUT2D eigenvalue weighted by molar-refractivity contribution is 5.89. The monoisotopic (exact) mass is 270 g/mol. The Morgan fingerprint density at radius 1 is 1.30 bits per heavy atom. The molecule has 3 rings (SSSR count). The van der Waals surface area contributed by atoms with Crippen LogP contribution in [0.2, 0.25) is 0 Å². The topological polar surface area (TPSA) is 41.0 Å². The molecule has 0 spiro atoms. The minimum atomic E-state index is 0.720. The van der Waals surface area contributed by atoms with Crippen LogP contribution in [0.1, 0.15) is 19.8 Å². The number of nitrogens with zero attached hydrogens (tertiary/aromatic N) is 3. The van der Waals surface area contributed by atoms with E-state index < -0.39 is 0 Å². The number of nitrogens with one attached hydrogen (secondary N) is 1. The number of fused-ring (bicyclic) bond motifs is 1. The van der Waals surface area contributed by atoms with Crippen molar-refractivity contribution in [2.45, 2.75) is 19.8 Å². The number of aromatic nitrogens is 2. The third-order valence-corrected chi connectivity index (χ3v) is 4.02. The number of piperidine rings is 1. The van der Waals surface area contributed by atoms with E-state index in [2.05, 4.69) is 45.3 Å². The minimum absolute atomic E-state index is 0.720. The predicted molar refractivity (Wildman–Crippen MR) is 83.0 cm³/mol. The number of benzene rings is 1. The van der Waals surface area contributed by atoms with E-state index in [1.54, 1.807) is 6.33 Å². The van der Waals surface area contributed by atoms with E-state index in [-0.39, 0.29) is 0 Å². The Balaban J connectivity index is 1.83. The van der Waals surface area contributed by atoms with Gasteiger partial charge >= 0.3 is 0 Å². The molecule has 1 unspecified atom stereocenters. The average Bonchev–Trinajstić information content (AvgIpc) is 2.52. The Labute approximate surface area is 120 Å². The number of hydrogen-bond acceptors (Lipinski definition) is 4. The lowest BCUT2D eigenvalue weighted by atomic mass is 9.97. The summed E-state index contributed by atoms with van der Waals surface area (Å²) in [6.45, 7) is 6.51. The molecule has 0 bridgehead atoms. The molecule has 1 N–H and O–H groups in total. The van der Waals surface area contributed by atoms with Gasteiger partial charge in [-0.1, -0.05) is 19.1 Å². The maximum Gasteiger partial charge on any atom is 0.139 e. The van der Waals surface area contributed by atoms with Crippen molar-refractivity contribution in [3.63, 3.8) is 0 Å². The Morgan fingerprint density at radius 2 is 2.20 bits per heavy atom. The molecule has 4 nitrogen and oxygen atoms in total. The molecule has 106 valence electrons. The molecular weight excluding hydrogens is 248 g/mol. The first-order valence-electron chi connectivity index (χ1n) is 7.54. The highest BCUT2D eigenvalue weighted by Gasteiger charge is 2.21. The van der Waals surface area contributed by atoms with Crippen LogP contribution in [0.25, 0.3) is 10.9 Å². The molecule has 1 aliphatic rings. The summed E-state index contributed by atoms with van der Waals surface area (Å²) in [6.07, 6.45) is 4.24. The van der Waals surface area contributed by atoms with Crippen molar-refractivity contribution in [1.82, 2.24) is 15.3 Å². The zero-order valence-corrected chi connectivity index (χ0v) is 12.0. The summed E-state index contributed by atoms with van der Waals surface area (Å²) in [7, 11) is 0. The third-order valence-electron chi connectivity index (χ3n) is 4.02. The average molecular weight is 270 g/mol. The van der Waals surface area contributed by atoms with Crippen LogP contribution in [-0.4, -0.2) is 36.1 Å². The van der Waals surface area contributed by atoms with Crippen molar-refractivity contribution in [3.8, 4) is 0 Å². The fourth-order valence-electron chi connectivity index (χ4n) is 3.02. The van der Waals surface area contributed by atoms with Gasteiger partial charge < -0.3 is 10.2 Å². The first-order valence-corrected chi connectivity index (χ1v) is 7.54. The van der Waals surface area contributed by atoms with Crippen LogP contribution in [0.4, 0.5) is 5.82 Å². The number of rotatable bonds is 4. The van der Waals surface area contributed by atoms with Gasteiger partial charge in [0.25, 0.3) is 0 Å². The van der Waals surface area contributed by atoms with Gasteiger partial charge in [0, 0.05) is 18.5 Å². The molecule has 1 fully saturated rings. The second kappa shape index (κ2) is 6.18. The summed E-state index contributed by atoms with van der Waals surface area (Å²) in [6, 6.07) is 8.28. The van der Waals surface area contributed by atoms with E-state index in [9.17, 15) is 0 Å². The molecule has 0 aliphatic carbocycles. The molecule has 4 heteroatoms. The lowest BCUT2D eigenvalue weighted by Gasteiger charge is -2.34. The van der Waals surface area contributed by atoms with Crippen molar-refractivity contribution >= 4 is 16.7 Å². The molecule has 1 saturated heterocycles. The van der Waals surface area contributed by atoms with Crippen LogP contribution >= 0.6 is 0 Å². The van der Waals surface area contributed by atoms with Crippen molar-refractivity contribution < 1.29 is 0 Å². The number of anilines is 1. The minimum Gasteiger partial charge on any atom is -0.356 e. The molecule has 1 aromatic carbocycles. The van der Waals surface area contributed by atoms with Gasteiger partial charge in [-0.15, -0.1) is 0 Å². The molecule has 0 saturated carbocycles. The van der Waals surface area contributed by atoms with Crippen molar-refractivity contribution in [2.24, 2.45) is 5.92 Å². The van der Waals surface area contributed by atoms with E-state index in [1.807, 2.05) is 6.07 Å². The maximum absolute atomic E-state index is 4.54. The molecule has 0 radical (unpaired) electrons. The molecule has 1 aliphatic heterocycles. The van der Waals surface area contributed by atoms with Crippen LogP contribution in [0.15, 0.2) is 30.6 Å². The second-order valence-electron chi connectivity index (χ2n) is 5.48. The van der Waals surface area contributed by atoms with Crippen LogP contribution in [0, 0.1) is 5.92 Å². The van der Waals surface area contributed by atoms with Gasteiger partial charge in [0.2, 0.25) is 0 Å². The van der Waals surface area contributed by atoms with E-state index in [1.165, 1.54) is 18.2 Å². The van der Waals surface area contributed by atoms with Gasteiger partial charge in [0.05, 0.1) is 5.52 Å². The second-order valence-corrected chi connectivity index (χ2v) is 5.48. The SMILES string of the molecule is CCNCC1CCCN(c2ncnc3ccccc23)C1. The molecule has 2 aromatic rings. The highest BCUT2D eigenvalue weighted by atomic mass is 15.2. The standard InChI is InChI=1S/C16H22N4/c1-2-17-10-13-6-5-9-20(11-13)16-14-7-3-4-8-15(14)18-12-19-16/h3-4,7-8,12-13,17H,2,5-6,9-11H2,1H3. The van der Waals surface area contributed by atoms with Crippen molar-refractivity contribution in [3.05, 3.63) is 30.6 Å². The lowest BCUT2D eigenvalue weighted by molar-refractivity contribution is 0.394. The third kappa shape index (κ3) is 2.75. The molecule has 20 heavy (non-hydrogen) atoms. The lowest BCUT2D eigenvalue weighted by Crippen LogP contribution is -2.40. The van der Waals surface area contributed by atoms with Gasteiger partial charge in [-0.05, 0) is 44.0 Å². The zero-order valence-electron chi connectivity index (χ0n) is 12.0. The molecule has 1 atom stereocenters. The van der Waals surface area contributed by atoms with Crippen LogP contribution in [0.5, 0.6) is 0 Å². The van der Waals surface area contributed by atoms with Gasteiger partial charge in [0.1, 0.15) is 12.1 Å². The van der Waals surface area contributed by atoms with Gasteiger partial charge in [-0.25, -0.2) is 9.97 Å². The fourth-order valence-corrected chi connectivity index (χ4v) is 3.02. The summed E-state index contributed by atoms with van der Waals surface area (Å²) in [5, 5.41) is 4.63. The van der Waals surface area contributed by atoms with E-state index in [0.717, 1.165) is 43.4 Å². The molecule has 1 aromatic heterocycles. The summed E-state index contributed by atoms with van der Waals surface area (Å²) >= 11 is 0. The first kappa shape index (κ1) is 13.3. The van der Waals surface area contributed by atoms with Crippen LogP contribution < -0.4 is 10.2 Å². The van der Waals surface area contributed by atoms with Gasteiger partial charge in [-0.2, -0.15) is 0 Å². The Morgan fingerprint density at radius 3 is 3.10 bits per heavy atom. The smallest absolute Gasteiger partial charge is 0.139 e. The fraction of sp³-hybridized carbons (Fsp3) is 0.500. The van der Waals surface area contributed by atoms with E-state index in [4.69, 9.17) is 0 Å². The predicted octanol–water partition coefficient (Wildman–Crippen LogP) is 2.46. The van der Waals surface area contributed by atoms with Crippen LogP contribution in [0.3, 0.4) is 0 Å². The number of para-hydroxylation sites is 1. The Hall–Kier alpha value is -1.68. The van der Waals surface area contributed by atoms with E-state index >= 15 is 0 Å². The largest absolute Gasteiger partial charge is 0.356 e. The molecular formula is C16H22N4.